The molecule has 1 saturated carbocycles. The molecule has 0 bridgehead atoms. The van der Waals surface area contributed by atoms with E-state index in [9.17, 15) is 5.11 Å². The van der Waals surface area contributed by atoms with Gasteiger partial charge in [0.2, 0.25) is 0 Å². The van der Waals surface area contributed by atoms with Gasteiger partial charge in [-0.25, -0.2) is 0 Å². The highest BCUT2D eigenvalue weighted by Gasteiger charge is 2.24. The summed E-state index contributed by atoms with van der Waals surface area (Å²) in [5.41, 5.74) is 1.21. The van der Waals surface area contributed by atoms with E-state index >= 15 is 0 Å². The maximum atomic E-state index is 9.35. The van der Waals surface area contributed by atoms with Gasteiger partial charge in [-0.15, -0.1) is 0 Å². The average molecular weight is 270 g/mol. The zero-order valence-corrected chi connectivity index (χ0v) is 10.4. The molecule has 0 saturated heterocycles. The molecule has 0 heterocycles. The second-order valence-corrected chi connectivity index (χ2v) is 5.29. The second kappa shape index (κ2) is 4.54. The smallest absolute Gasteiger partial charge is 0.129 e. The third-order valence-corrected chi connectivity index (χ3v) is 3.62. The SMILES string of the molecule is CC1CC(NCc2ccc(O)c(Br)c2)C1. The number of hydrogen-bond donors (Lipinski definition) is 2. The predicted octanol–water partition coefficient (Wildman–Crippen LogP) is 3.04. The normalized spacial score (nSPS) is 24.9. The molecule has 0 aliphatic heterocycles. The van der Waals surface area contributed by atoms with Crippen LogP contribution in [0, 0.1) is 5.92 Å². The maximum absolute atomic E-state index is 9.35. The Morgan fingerprint density at radius 2 is 2.20 bits per heavy atom. The van der Waals surface area contributed by atoms with Crippen molar-refractivity contribution in [2.45, 2.75) is 32.4 Å². The van der Waals surface area contributed by atoms with Crippen molar-refractivity contribution in [3.8, 4) is 5.75 Å². The van der Waals surface area contributed by atoms with Crippen molar-refractivity contribution in [3.05, 3.63) is 28.2 Å². The van der Waals surface area contributed by atoms with Gasteiger partial charge in [-0.1, -0.05) is 13.0 Å². The number of phenolic OH excluding ortho intramolecular Hbond substituents is 1. The monoisotopic (exact) mass is 269 g/mol. The van der Waals surface area contributed by atoms with E-state index in [-0.39, 0.29) is 0 Å². The molecule has 3 heteroatoms. The molecule has 1 aliphatic rings. The van der Waals surface area contributed by atoms with Crippen LogP contribution in [-0.2, 0) is 6.54 Å². The fraction of sp³-hybridized carbons (Fsp3) is 0.500. The zero-order valence-electron chi connectivity index (χ0n) is 8.83. The lowest BCUT2D eigenvalue weighted by Crippen LogP contribution is -2.39. The van der Waals surface area contributed by atoms with Crippen LogP contribution in [0.3, 0.4) is 0 Å². The summed E-state index contributed by atoms with van der Waals surface area (Å²) >= 11 is 3.32. The Morgan fingerprint density at radius 3 is 2.80 bits per heavy atom. The molecule has 82 valence electrons. The van der Waals surface area contributed by atoms with Crippen molar-refractivity contribution in [2.75, 3.05) is 0 Å². The van der Waals surface area contributed by atoms with Gasteiger partial charge in [0.15, 0.2) is 0 Å². The number of phenols is 1. The van der Waals surface area contributed by atoms with E-state index in [4.69, 9.17) is 0 Å². The van der Waals surface area contributed by atoms with Gasteiger partial charge in [0.1, 0.15) is 5.75 Å². The summed E-state index contributed by atoms with van der Waals surface area (Å²) in [5.74, 6) is 1.19. The van der Waals surface area contributed by atoms with Crippen molar-refractivity contribution in [1.82, 2.24) is 5.32 Å². The minimum atomic E-state index is 0.302. The minimum Gasteiger partial charge on any atom is -0.507 e. The second-order valence-electron chi connectivity index (χ2n) is 4.44. The molecule has 0 aromatic heterocycles. The Balaban J connectivity index is 1.86. The molecule has 15 heavy (non-hydrogen) atoms. The molecule has 2 N–H and O–H groups in total. The average Bonchev–Trinajstić information content (AvgIpc) is 2.16. The largest absolute Gasteiger partial charge is 0.507 e. The molecule has 0 radical (unpaired) electrons. The molecule has 1 fully saturated rings. The van der Waals surface area contributed by atoms with Crippen LogP contribution in [0.25, 0.3) is 0 Å². The molecule has 0 spiro atoms. The van der Waals surface area contributed by atoms with Crippen molar-refractivity contribution >= 4 is 15.9 Å². The molecule has 0 amide bonds. The predicted molar refractivity (Wildman–Crippen MR) is 64.8 cm³/mol. The molecular formula is C12H16BrNO. The van der Waals surface area contributed by atoms with Gasteiger partial charge in [0, 0.05) is 12.6 Å². The fourth-order valence-corrected chi connectivity index (χ4v) is 2.42. The van der Waals surface area contributed by atoms with Crippen molar-refractivity contribution in [2.24, 2.45) is 5.92 Å². The highest BCUT2D eigenvalue weighted by atomic mass is 79.9. The van der Waals surface area contributed by atoms with E-state index in [0.717, 1.165) is 16.9 Å². The van der Waals surface area contributed by atoms with E-state index in [1.807, 2.05) is 12.1 Å². The maximum Gasteiger partial charge on any atom is 0.129 e. The van der Waals surface area contributed by atoms with Gasteiger partial charge >= 0.3 is 0 Å². The third kappa shape index (κ3) is 2.73. The Labute approximate surface area is 98.8 Å². The summed E-state index contributed by atoms with van der Waals surface area (Å²) in [7, 11) is 0. The molecule has 2 rings (SSSR count). The molecular weight excluding hydrogens is 254 g/mol. The highest BCUT2D eigenvalue weighted by Crippen LogP contribution is 2.27. The number of benzene rings is 1. The standard InChI is InChI=1S/C12H16BrNO/c1-8-4-10(5-8)14-7-9-2-3-12(15)11(13)6-9/h2-3,6,8,10,14-15H,4-5,7H2,1H3. The Bertz CT molecular complexity index is 347. The van der Waals surface area contributed by atoms with Crippen molar-refractivity contribution < 1.29 is 5.11 Å². The molecule has 0 atom stereocenters. The van der Waals surface area contributed by atoms with Crippen LogP contribution in [-0.4, -0.2) is 11.1 Å². The lowest BCUT2D eigenvalue weighted by molar-refractivity contribution is 0.240. The van der Waals surface area contributed by atoms with E-state index in [0.29, 0.717) is 11.8 Å². The first kappa shape index (κ1) is 11.0. The summed E-state index contributed by atoms with van der Waals surface area (Å²) in [4.78, 5) is 0. The quantitative estimate of drug-likeness (QED) is 0.884. The Morgan fingerprint density at radius 1 is 1.47 bits per heavy atom. The summed E-state index contributed by atoms with van der Waals surface area (Å²) in [6.45, 7) is 3.17. The van der Waals surface area contributed by atoms with Crippen LogP contribution in [0.5, 0.6) is 5.75 Å². The zero-order chi connectivity index (χ0) is 10.8. The van der Waals surface area contributed by atoms with Gasteiger partial charge < -0.3 is 10.4 Å². The fourth-order valence-electron chi connectivity index (χ4n) is 1.99. The first-order valence-corrected chi connectivity index (χ1v) is 6.15. The summed E-state index contributed by atoms with van der Waals surface area (Å²) in [6.07, 6.45) is 2.58. The first-order valence-electron chi connectivity index (χ1n) is 5.36. The van der Waals surface area contributed by atoms with Crippen LogP contribution >= 0.6 is 15.9 Å². The third-order valence-electron chi connectivity index (χ3n) is 2.98. The Hall–Kier alpha value is -0.540. The van der Waals surface area contributed by atoms with E-state index < -0.39 is 0 Å². The summed E-state index contributed by atoms with van der Waals surface area (Å²) < 4.78 is 0.767. The molecule has 1 aliphatic carbocycles. The number of hydrogen-bond acceptors (Lipinski definition) is 2. The first-order chi connectivity index (χ1) is 7.15. The lowest BCUT2D eigenvalue weighted by atomic mass is 9.82. The van der Waals surface area contributed by atoms with E-state index in [1.165, 1.54) is 18.4 Å². The van der Waals surface area contributed by atoms with Gasteiger partial charge in [-0.05, 0) is 52.4 Å². The number of nitrogens with one attached hydrogen (secondary N) is 1. The van der Waals surface area contributed by atoms with Gasteiger partial charge in [-0.3, -0.25) is 0 Å². The summed E-state index contributed by atoms with van der Waals surface area (Å²) in [5, 5.41) is 12.9. The molecule has 0 unspecified atom stereocenters. The van der Waals surface area contributed by atoms with Crippen LogP contribution in [0.4, 0.5) is 0 Å². The van der Waals surface area contributed by atoms with E-state index in [2.05, 4.69) is 28.2 Å². The molecule has 2 nitrogen and oxygen atoms in total. The highest BCUT2D eigenvalue weighted by molar-refractivity contribution is 9.10. The molecule has 1 aromatic carbocycles. The minimum absolute atomic E-state index is 0.302. The van der Waals surface area contributed by atoms with Gasteiger partial charge in [0.25, 0.3) is 0 Å². The van der Waals surface area contributed by atoms with Crippen molar-refractivity contribution in [3.63, 3.8) is 0 Å². The number of aromatic hydroxyl groups is 1. The number of rotatable bonds is 3. The van der Waals surface area contributed by atoms with E-state index in [1.54, 1.807) is 6.07 Å². The van der Waals surface area contributed by atoms with Crippen LogP contribution in [0.2, 0.25) is 0 Å². The van der Waals surface area contributed by atoms with Gasteiger partial charge in [-0.2, -0.15) is 0 Å². The van der Waals surface area contributed by atoms with Crippen LogP contribution in [0.15, 0.2) is 22.7 Å². The lowest BCUT2D eigenvalue weighted by Gasteiger charge is -2.33. The van der Waals surface area contributed by atoms with Gasteiger partial charge in [0.05, 0.1) is 4.47 Å². The molecule has 1 aromatic rings. The Kier molecular flexibility index (Phi) is 3.32. The summed E-state index contributed by atoms with van der Waals surface area (Å²) in [6, 6.07) is 6.33. The topological polar surface area (TPSA) is 32.3 Å². The van der Waals surface area contributed by atoms with Crippen LogP contribution < -0.4 is 5.32 Å². The van der Waals surface area contributed by atoms with Crippen molar-refractivity contribution in [1.29, 1.82) is 0 Å². The van der Waals surface area contributed by atoms with Crippen LogP contribution in [0.1, 0.15) is 25.3 Å². The number of halogens is 1.